The zero-order valence-electron chi connectivity index (χ0n) is 18.5. The van der Waals surface area contributed by atoms with E-state index in [2.05, 4.69) is 50.4 Å². The van der Waals surface area contributed by atoms with E-state index in [0.717, 1.165) is 19.3 Å². The summed E-state index contributed by atoms with van der Waals surface area (Å²) in [5.74, 6) is 2.47. The van der Waals surface area contributed by atoms with E-state index in [0.29, 0.717) is 35.0 Å². The third kappa shape index (κ3) is 2.70. The van der Waals surface area contributed by atoms with Gasteiger partial charge in [0.25, 0.3) is 0 Å². The van der Waals surface area contributed by atoms with Crippen LogP contribution in [0.4, 0.5) is 0 Å². The van der Waals surface area contributed by atoms with Crippen molar-refractivity contribution in [3.05, 3.63) is 23.1 Å². The summed E-state index contributed by atoms with van der Waals surface area (Å²) >= 11 is 0. The summed E-state index contributed by atoms with van der Waals surface area (Å²) in [7, 11) is 0. The van der Waals surface area contributed by atoms with Crippen LogP contribution in [-0.2, 0) is 9.47 Å². The fraction of sp³-hybridized carbons (Fsp3) is 0.917. The van der Waals surface area contributed by atoms with Crippen LogP contribution in [0.2, 0.25) is 0 Å². The van der Waals surface area contributed by atoms with Crippen molar-refractivity contribution in [2.75, 3.05) is 0 Å². The van der Waals surface area contributed by atoms with Crippen molar-refractivity contribution < 1.29 is 9.47 Å². The fourth-order valence-corrected chi connectivity index (χ4v) is 8.77. The Morgan fingerprint density at radius 1 is 0.931 bits per heavy atom. The predicted molar refractivity (Wildman–Crippen MR) is 113 cm³/mol. The van der Waals surface area contributed by atoms with Crippen LogP contribution in [0.3, 0.4) is 0 Å². The van der Waals surface area contributed by atoms with E-state index in [9.17, 15) is 0 Å². The van der Waals surface area contributed by atoms with Gasteiger partial charge in [-0.1, -0.05) is 25.0 Å². The molecule has 5 heteroatoms. The predicted octanol–water partition coefficient (Wildman–Crippen LogP) is 6.25. The van der Waals surface area contributed by atoms with E-state index < -0.39 is 5.79 Å². The monoisotopic (exact) mass is 399 g/mol. The van der Waals surface area contributed by atoms with Gasteiger partial charge in [0.1, 0.15) is 0 Å². The number of fused-ring (bicyclic) bond motifs is 8. The zero-order chi connectivity index (χ0) is 20.6. The van der Waals surface area contributed by atoms with Gasteiger partial charge in [-0.25, -0.2) is 0 Å². The summed E-state index contributed by atoms with van der Waals surface area (Å²) in [6, 6.07) is 0.105. The van der Waals surface area contributed by atoms with Crippen molar-refractivity contribution >= 4 is 0 Å². The molecule has 0 aromatic heterocycles. The van der Waals surface area contributed by atoms with Gasteiger partial charge in [0.2, 0.25) is 0 Å². The minimum absolute atomic E-state index is 0.105. The van der Waals surface area contributed by atoms with Crippen molar-refractivity contribution in [3.63, 3.8) is 0 Å². The van der Waals surface area contributed by atoms with Crippen LogP contribution in [0, 0.1) is 40.4 Å². The van der Waals surface area contributed by atoms with Gasteiger partial charge in [-0.3, -0.25) is 0 Å². The normalized spacial score (nSPS) is 55.0. The third-order valence-electron chi connectivity index (χ3n) is 10.1. The molecule has 0 N–H and O–H groups in total. The minimum atomic E-state index is -0.527. The summed E-state index contributed by atoms with van der Waals surface area (Å²) in [6.45, 7) is 13.4. The molecule has 4 saturated carbocycles. The van der Waals surface area contributed by atoms with Gasteiger partial charge in [0.05, 0.1) is 12.2 Å². The summed E-state index contributed by atoms with van der Waals surface area (Å²) < 4.78 is 13.3. The Balaban J connectivity index is 1.56. The van der Waals surface area contributed by atoms with Crippen LogP contribution in [0.15, 0.2) is 17.8 Å². The molecule has 4 unspecified atom stereocenters. The molecule has 5 nitrogen and oxygen atoms in total. The van der Waals surface area contributed by atoms with E-state index >= 15 is 0 Å². The van der Waals surface area contributed by atoms with Gasteiger partial charge < -0.3 is 9.47 Å². The maximum Gasteiger partial charge on any atom is 0.163 e. The highest BCUT2D eigenvalue weighted by Gasteiger charge is 2.68. The van der Waals surface area contributed by atoms with E-state index in [1.807, 2.05) is 0 Å². The number of rotatable bonds is 2. The SMILES string of the molecule is C=C[C@H]1CCC2C3C(CC[C@@]21C)[C@@]1(C)CC[C@H](N=[N+]=[N-])CC1[C@H]1OC(C)(C)O[C@H]31. The van der Waals surface area contributed by atoms with Gasteiger partial charge in [0.15, 0.2) is 5.79 Å². The van der Waals surface area contributed by atoms with Crippen LogP contribution in [0.1, 0.15) is 72.6 Å². The van der Waals surface area contributed by atoms with Gasteiger partial charge in [-0.2, -0.15) is 0 Å². The van der Waals surface area contributed by atoms with Crippen molar-refractivity contribution in [2.24, 2.45) is 45.5 Å². The molecule has 0 spiro atoms. The first-order valence-corrected chi connectivity index (χ1v) is 11.8. The average Bonchev–Trinajstić information content (AvgIpc) is 3.18. The van der Waals surface area contributed by atoms with E-state index in [-0.39, 0.29) is 23.7 Å². The first-order chi connectivity index (χ1) is 13.7. The van der Waals surface area contributed by atoms with Crippen LogP contribution in [-0.4, -0.2) is 24.0 Å². The van der Waals surface area contributed by atoms with E-state index in [1.54, 1.807) is 0 Å². The molecular weight excluding hydrogens is 362 g/mol. The zero-order valence-corrected chi connectivity index (χ0v) is 18.5. The fourth-order valence-electron chi connectivity index (χ4n) is 8.77. The van der Waals surface area contributed by atoms with Gasteiger partial charge >= 0.3 is 0 Å². The lowest BCUT2D eigenvalue weighted by Crippen LogP contribution is -2.63. The molecule has 1 saturated heterocycles. The summed E-state index contributed by atoms with van der Waals surface area (Å²) in [5.41, 5.74) is 9.62. The lowest BCUT2D eigenvalue weighted by molar-refractivity contribution is -0.179. The number of nitrogens with zero attached hydrogens (tertiary/aromatic N) is 3. The smallest absolute Gasteiger partial charge is 0.163 e. The Bertz CT molecular complexity index is 746. The molecule has 0 radical (unpaired) electrons. The topological polar surface area (TPSA) is 67.2 Å². The number of azide groups is 1. The van der Waals surface area contributed by atoms with Crippen LogP contribution < -0.4 is 0 Å². The van der Waals surface area contributed by atoms with Crippen molar-refractivity contribution in [3.8, 4) is 0 Å². The van der Waals surface area contributed by atoms with Gasteiger partial charge in [-0.15, -0.1) is 6.58 Å². The first kappa shape index (κ1) is 19.9. The standard InChI is InChI=1S/C24H37N3O2/c1-6-14-7-8-16-19-17(10-12-23(14,16)4)24(5)11-9-15(26-27-25)13-18(24)20-21(19)29-22(2,3)28-20/h6,14-21H,1,7-13H2,2-5H3/t14-,15-,16?,17?,18?,19?,20+,21+,23+,24+/m0/s1. The molecule has 29 heavy (non-hydrogen) atoms. The van der Waals surface area contributed by atoms with Gasteiger partial charge in [0, 0.05) is 11.0 Å². The molecule has 0 aromatic rings. The summed E-state index contributed by atoms with van der Waals surface area (Å²) in [4.78, 5) is 3.13. The largest absolute Gasteiger partial charge is 0.344 e. The van der Waals surface area contributed by atoms with Crippen molar-refractivity contribution in [1.82, 2.24) is 0 Å². The number of hydrogen-bond donors (Lipinski definition) is 0. The number of allylic oxidation sites excluding steroid dienone is 1. The molecule has 0 aromatic carbocycles. The highest BCUT2D eigenvalue weighted by Crippen LogP contribution is 2.69. The lowest BCUT2D eigenvalue weighted by Gasteiger charge is -2.63. The molecule has 1 aliphatic heterocycles. The lowest BCUT2D eigenvalue weighted by atomic mass is 9.43. The maximum absolute atomic E-state index is 9.01. The average molecular weight is 400 g/mol. The Hall–Kier alpha value is -1.03. The molecule has 5 fully saturated rings. The Labute approximate surface area is 175 Å². The molecular formula is C24H37N3O2. The molecule has 10 atom stereocenters. The second kappa shape index (κ2) is 6.48. The number of hydrogen-bond acceptors (Lipinski definition) is 3. The molecule has 0 amide bonds. The van der Waals surface area contributed by atoms with E-state index in [4.69, 9.17) is 15.0 Å². The quantitative estimate of drug-likeness (QED) is 0.238. The Morgan fingerprint density at radius 2 is 1.62 bits per heavy atom. The van der Waals surface area contributed by atoms with E-state index in [1.165, 1.54) is 25.7 Å². The third-order valence-corrected chi connectivity index (χ3v) is 10.1. The Kier molecular flexibility index (Phi) is 4.45. The molecule has 160 valence electrons. The molecule has 4 aliphatic carbocycles. The van der Waals surface area contributed by atoms with Crippen LogP contribution >= 0.6 is 0 Å². The second-order valence-corrected chi connectivity index (χ2v) is 11.6. The second-order valence-electron chi connectivity index (χ2n) is 11.6. The molecule has 5 rings (SSSR count). The number of ether oxygens (including phenoxy) is 2. The van der Waals surface area contributed by atoms with Gasteiger partial charge in [-0.05, 0) is 105 Å². The highest BCUT2D eigenvalue weighted by atomic mass is 16.8. The van der Waals surface area contributed by atoms with Crippen molar-refractivity contribution in [2.45, 2.75) is 96.7 Å². The maximum atomic E-state index is 9.01. The minimum Gasteiger partial charge on any atom is -0.344 e. The van der Waals surface area contributed by atoms with Crippen LogP contribution in [0.5, 0.6) is 0 Å². The Morgan fingerprint density at radius 3 is 2.34 bits per heavy atom. The molecule has 1 heterocycles. The van der Waals surface area contributed by atoms with Crippen molar-refractivity contribution in [1.29, 1.82) is 0 Å². The summed E-state index contributed by atoms with van der Waals surface area (Å²) in [5, 5.41) is 4.12. The van der Waals surface area contributed by atoms with Crippen LogP contribution in [0.25, 0.3) is 10.4 Å². The first-order valence-electron chi connectivity index (χ1n) is 11.8. The summed E-state index contributed by atoms with van der Waals surface area (Å²) in [6.07, 6.45) is 10.8. The molecule has 0 bridgehead atoms. The highest BCUT2D eigenvalue weighted by molar-refractivity contribution is 5.17. The molecule has 5 aliphatic rings.